The molecule has 1 saturated heterocycles. The summed E-state index contributed by atoms with van der Waals surface area (Å²) in [6, 6.07) is 6.03. The summed E-state index contributed by atoms with van der Waals surface area (Å²) in [5, 5.41) is -0.0449. The van der Waals surface area contributed by atoms with E-state index < -0.39 is 0 Å². The van der Waals surface area contributed by atoms with Crippen LogP contribution in [0.1, 0.15) is 49.7 Å². The highest BCUT2D eigenvalue weighted by molar-refractivity contribution is 7.10. The SMILES string of the molecule is CCOCC1(CCc2cc(Cl)c(F)s2)CCN(C(C)(C)c2ccc(C)nc2)C1. The van der Waals surface area contributed by atoms with Crippen molar-refractivity contribution < 1.29 is 9.13 Å². The van der Waals surface area contributed by atoms with Crippen molar-refractivity contribution in [2.75, 3.05) is 26.3 Å². The van der Waals surface area contributed by atoms with Crippen LogP contribution in [-0.4, -0.2) is 36.2 Å². The van der Waals surface area contributed by atoms with Gasteiger partial charge in [-0.25, -0.2) is 0 Å². The molecule has 0 bridgehead atoms. The Labute approximate surface area is 176 Å². The summed E-state index contributed by atoms with van der Waals surface area (Å²) in [6.07, 6.45) is 4.88. The minimum absolute atomic E-state index is 0.0817. The lowest BCUT2D eigenvalue weighted by Crippen LogP contribution is -2.42. The normalized spacial score (nSPS) is 20.8. The Hall–Kier alpha value is -1.01. The number of ether oxygens (including phenoxy) is 1. The molecular formula is C22H30ClFN2OS. The molecule has 0 aromatic carbocycles. The van der Waals surface area contributed by atoms with E-state index in [0.29, 0.717) is 6.61 Å². The van der Waals surface area contributed by atoms with Crippen LogP contribution in [-0.2, 0) is 16.7 Å². The molecule has 1 fully saturated rings. The molecule has 2 aromatic heterocycles. The van der Waals surface area contributed by atoms with Crippen molar-refractivity contribution in [1.29, 1.82) is 0 Å². The molecule has 1 unspecified atom stereocenters. The van der Waals surface area contributed by atoms with E-state index in [1.807, 2.05) is 20.0 Å². The smallest absolute Gasteiger partial charge is 0.195 e. The van der Waals surface area contributed by atoms with E-state index in [1.165, 1.54) is 5.56 Å². The van der Waals surface area contributed by atoms with Gasteiger partial charge in [0.1, 0.15) is 0 Å². The highest BCUT2D eigenvalue weighted by Gasteiger charge is 2.43. The first kappa shape index (κ1) is 21.7. The molecule has 3 nitrogen and oxygen atoms in total. The third kappa shape index (κ3) is 4.76. The molecule has 0 spiro atoms. The van der Waals surface area contributed by atoms with Gasteiger partial charge in [0.2, 0.25) is 0 Å². The first-order valence-electron chi connectivity index (χ1n) is 9.95. The van der Waals surface area contributed by atoms with Gasteiger partial charge >= 0.3 is 0 Å². The molecule has 3 heterocycles. The summed E-state index contributed by atoms with van der Waals surface area (Å²) in [6.45, 7) is 12.0. The molecule has 3 rings (SSSR count). The zero-order valence-electron chi connectivity index (χ0n) is 17.2. The van der Waals surface area contributed by atoms with Crippen LogP contribution in [0.5, 0.6) is 0 Å². The first-order chi connectivity index (χ1) is 13.3. The van der Waals surface area contributed by atoms with Crippen molar-refractivity contribution in [3.05, 3.63) is 50.7 Å². The molecule has 2 aromatic rings. The second kappa shape index (κ2) is 8.78. The summed E-state index contributed by atoms with van der Waals surface area (Å²) in [7, 11) is 0. The molecule has 0 N–H and O–H groups in total. The monoisotopic (exact) mass is 424 g/mol. The van der Waals surface area contributed by atoms with Crippen molar-refractivity contribution in [2.24, 2.45) is 5.41 Å². The molecule has 1 aliphatic heterocycles. The maximum Gasteiger partial charge on any atom is 0.195 e. The lowest BCUT2D eigenvalue weighted by Gasteiger charge is -2.38. The Kier molecular flexibility index (Phi) is 6.80. The fraction of sp³-hybridized carbons (Fsp3) is 0.591. The molecule has 1 aliphatic rings. The van der Waals surface area contributed by atoms with E-state index in [9.17, 15) is 4.39 Å². The van der Waals surface area contributed by atoms with Crippen molar-refractivity contribution >= 4 is 22.9 Å². The first-order valence-corrected chi connectivity index (χ1v) is 11.1. The average Bonchev–Trinajstić information content (AvgIpc) is 3.23. The summed E-state index contributed by atoms with van der Waals surface area (Å²) in [4.78, 5) is 8.05. The molecule has 1 atom stereocenters. The number of aryl methyl sites for hydroxylation is 2. The summed E-state index contributed by atoms with van der Waals surface area (Å²) in [5.74, 6) is 0. The van der Waals surface area contributed by atoms with Gasteiger partial charge in [0, 0.05) is 40.9 Å². The van der Waals surface area contributed by atoms with Gasteiger partial charge in [-0.15, -0.1) is 11.3 Å². The highest BCUT2D eigenvalue weighted by atomic mass is 35.5. The van der Waals surface area contributed by atoms with Crippen LogP contribution >= 0.6 is 22.9 Å². The van der Waals surface area contributed by atoms with Crippen LogP contribution in [0, 0.1) is 17.5 Å². The van der Waals surface area contributed by atoms with Gasteiger partial charge in [-0.1, -0.05) is 17.7 Å². The number of hydrogen-bond acceptors (Lipinski definition) is 4. The summed E-state index contributed by atoms with van der Waals surface area (Å²) >= 11 is 7.07. The van der Waals surface area contributed by atoms with Gasteiger partial charge in [-0.05, 0) is 71.2 Å². The molecule has 0 saturated carbocycles. The molecule has 28 heavy (non-hydrogen) atoms. The number of likely N-dealkylation sites (tertiary alicyclic amines) is 1. The molecule has 6 heteroatoms. The lowest BCUT2D eigenvalue weighted by atomic mass is 9.82. The maximum absolute atomic E-state index is 13.6. The second-order valence-corrected chi connectivity index (χ2v) is 9.88. The van der Waals surface area contributed by atoms with Gasteiger partial charge in [-0.3, -0.25) is 9.88 Å². The molecule has 0 radical (unpaired) electrons. The highest BCUT2D eigenvalue weighted by Crippen LogP contribution is 2.42. The van der Waals surface area contributed by atoms with Crippen molar-refractivity contribution in [2.45, 2.75) is 52.5 Å². The van der Waals surface area contributed by atoms with Crippen LogP contribution in [0.4, 0.5) is 4.39 Å². The molecule has 0 amide bonds. The number of pyridine rings is 1. The number of aromatic nitrogens is 1. The van der Waals surface area contributed by atoms with Gasteiger partial charge in [0.15, 0.2) is 5.13 Å². The van der Waals surface area contributed by atoms with Gasteiger partial charge in [0.05, 0.1) is 11.6 Å². The van der Waals surface area contributed by atoms with E-state index in [-0.39, 0.29) is 21.1 Å². The van der Waals surface area contributed by atoms with E-state index >= 15 is 0 Å². The van der Waals surface area contributed by atoms with Crippen LogP contribution in [0.25, 0.3) is 0 Å². The third-order valence-corrected chi connectivity index (χ3v) is 7.43. The lowest BCUT2D eigenvalue weighted by molar-refractivity contribution is 0.0386. The fourth-order valence-electron chi connectivity index (χ4n) is 4.04. The van der Waals surface area contributed by atoms with Crippen molar-refractivity contribution in [3.8, 4) is 0 Å². The predicted octanol–water partition coefficient (Wildman–Crippen LogP) is 5.84. The fourth-order valence-corrected chi connectivity index (χ4v) is 5.12. The molecular weight excluding hydrogens is 395 g/mol. The van der Waals surface area contributed by atoms with Crippen molar-refractivity contribution in [1.82, 2.24) is 9.88 Å². The number of halogens is 2. The van der Waals surface area contributed by atoms with E-state index in [0.717, 1.165) is 60.9 Å². The second-order valence-electron chi connectivity index (χ2n) is 8.39. The number of rotatable bonds is 8. The standard InChI is InChI=1S/C22H30ClFN2OS/c1-5-27-15-22(9-8-18-12-19(23)20(24)28-18)10-11-26(14-22)21(3,4)17-7-6-16(2)25-13-17/h6-7,12-13H,5,8-11,14-15H2,1-4H3. The van der Waals surface area contributed by atoms with E-state index in [2.05, 4.69) is 35.9 Å². The predicted molar refractivity (Wildman–Crippen MR) is 115 cm³/mol. The Morgan fingerprint density at radius 2 is 2.18 bits per heavy atom. The average molecular weight is 425 g/mol. The number of nitrogens with zero attached hydrogens (tertiary/aromatic N) is 2. The quantitative estimate of drug-likeness (QED) is 0.532. The van der Waals surface area contributed by atoms with Crippen LogP contribution in [0.3, 0.4) is 0 Å². The molecule has 0 aliphatic carbocycles. The van der Waals surface area contributed by atoms with Crippen molar-refractivity contribution in [3.63, 3.8) is 0 Å². The Bertz CT molecular complexity index is 773. The minimum Gasteiger partial charge on any atom is -0.381 e. The zero-order valence-corrected chi connectivity index (χ0v) is 18.8. The summed E-state index contributed by atoms with van der Waals surface area (Å²) in [5.41, 5.74) is 2.26. The van der Waals surface area contributed by atoms with Crippen LogP contribution in [0.15, 0.2) is 24.4 Å². The Morgan fingerprint density at radius 1 is 1.39 bits per heavy atom. The summed E-state index contributed by atoms with van der Waals surface area (Å²) < 4.78 is 19.5. The van der Waals surface area contributed by atoms with Gasteiger partial charge in [-0.2, -0.15) is 4.39 Å². The number of thiophene rings is 1. The van der Waals surface area contributed by atoms with Gasteiger partial charge < -0.3 is 4.74 Å². The largest absolute Gasteiger partial charge is 0.381 e. The molecule has 154 valence electrons. The minimum atomic E-state index is -0.281. The zero-order chi connectivity index (χ0) is 20.4. The van der Waals surface area contributed by atoms with Crippen LogP contribution < -0.4 is 0 Å². The van der Waals surface area contributed by atoms with E-state index in [1.54, 1.807) is 6.07 Å². The van der Waals surface area contributed by atoms with E-state index in [4.69, 9.17) is 16.3 Å². The van der Waals surface area contributed by atoms with Gasteiger partial charge in [0.25, 0.3) is 0 Å². The van der Waals surface area contributed by atoms with Crippen LogP contribution in [0.2, 0.25) is 5.02 Å². The maximum atomic E-state index is 13.6. The topological polar surface area (TPSA) is 25.4 Å². The Balaban J connectivity index is 1.74. The number of hydrogen-bond donors (Lipinski definition) is 0. The third-order valence-electron chi connectivity index (χ3n) is 6.06. The Morgan fingerprint density at radius 3 is 2.79 bits per heavy atom.